The highest BCUT2D eigenvalue weighted by molar-refractivity contribution is 7.93. The maximum absolute atomic E-state index is 12.5. The van der Waals surface area contributed by atoms with Gasteiger partial charge in [0.05, 0.1) is 11.4 Å². The molecule has 3 N–H and O–H groups in total. The number of sulfonamides is 1. The molecular weight excluding hydrogens is 306 g/mol. The smallest absolute Gasteiger partial charge is 0.265 e. The number of benzene rings is 1. The van der Waals surface area contributed by atoms with Gasteiger partial charge < -0.3 is 5.73 Å². The van der Waals surface area contributed by atoms with Crippen molar-refractivity contribution in [2.45, 2.75) is 37.5 Å². The first-order chi connectivity index (χ1) is 9.97. The van der Waals surface area contributed by atoms with Gasteiger partial charge in [0.1, 0.15) is 4.90 Å². The number of thiazole rings is 1. The highest BCUT2D eigenvalue weighted by atomic mass is 32.2. The molecule has 0 saturated heterocycles. The Bertz CT molecular complexity index is 738. The number of nitrogens with zero attached hydrogens (tertiary/aromatic N) is 1. The SMILES string of the molecule is Cc1cccc(N)c1S(=O)(=O)Nc1nc2c(s1)CCCC2. The molecule has 1 aromatic carbocycles. The van der Waals surface area contributed by atoms with E-state index in [-0.39, 0.29) is 10.6 Å². The molecule has 1 aliphatic rings. The van der Waals surface area contributed by atoms with Crippen molar-refractivity contribution in [1.82, 2.24) is 4.98 Å². The van der Waals surface area contributed by atoms with Gasteiger partial charge in [0.15, 0.2) is 5.13 Å². The predicted octanol–water partition coefficient (Wildman–Crippen LogP) is 2.71. The summed E-state index contributed by atoms with van der Waals surface area (Å²) in [6.07, 6.45) is 4.18. The summed E-state index contributed by atoms with van der Waals surface area (Å²) >= 11 is 1.43. The zero-order chi connectivity index (χ0) is 15.0. The predicted molar refractivity (Wildman–Crippen MR) is 85.2 cm³/mol. The molecular formula is C14H17N3O2S2. The third kappa shape index (κ3) is 2.75. The first kappa shape index (κ1) is 14.3. The van der Waals surface area contributed by atoms with E-state index in [9.17, 15) is 8.42 Å². The Kier molecular flexibility index (Phi) is 3.62. The second-order valence-electron chi connectivity index (χ2n) is 5.19. The lowest BCUT2D eigenvalue weighted by atomic mass is 10.0. The molecule has 0 bridgehead atoms. The molecule has 0 saturated carbocycles. The van der Waals surface area contributed by atoms with Gasteiger partial charge in [-0.25, -0.2) is 13.4 Å². The van der Waals surface area contributed by atoms with E-state index in [2.05, 4.69) is 9.71 Å². The van der Waals surface area contributed by atoms with Gasteiger partial charge in [0.2, 0.25) is 0 Å². The Morgan fingerprint density at radius 1 is 1.29 bits per heavy atom. The number of anilines is 2. The monoisotopic (exact) mass is 323 g/mol. The van der Waals surface area contributed by atoms with E-state index >= 15 is 0 Å². The molecule has 5 nitrogen and oxygen atoms in total. The quantitative estimate of drug-likeness (QED) is 0.851. The Balaban J connectivity index is 1.95. The fourth-order valence-electron chi connectivity index (χ4n) is 2.60. The molecule has 0 amide bonds. The number of hydrogen-bond donors (Lipinski definition) is 2. The maximum Gasteiger partial charge on any atom is 0.265 e. The lowest BCUT2D eigenvalue weighted by Crippen LogP contribution is -2.16. The van der Waals surface area contributed by atoms with Crippen LogP contribution in [0.15, 0.2) is 23.1 Å². The Morgan fingerprint density at radius 2 is 2.05 bits per heavy atom. The number of nitrogens with two attached hydrogens (primary N) is 1. The van der Waals surface area contributed by atoms with Gasteiger partial charge in [-0.3, -0.25) is 4.72 Å². The Labute approximate surface area is 128 Å². The van der Waals surface area contributed by atoms with Gasteiger partial charge in [-0.05, 0) is 44.2 Å². The van der Waals surface area contributed by atoms with Crippen LogP contribution in [0.1, 0.15) is 29.0 Å². The third-order valence-corrected chi connectivity index (χ3v) is 6.34. The third-order valence-electron chi connectivity index (χ3n) is 3.58. The molecule has 1 heterocycles. The summed E-state index contributed by atoms with van der Waals surface area (Å²) in [5, 5.41) is 0.435. The summed E-state index contributed by atoms with van der Waals surface area (Å²) in [4.78, 5) is 5.74. The first-order valence-electron chi connectivity index (χ1n) is 6.84. The van der Waals surface area contributed by atoms with Gasteiger partial charge in [0, 0.05) is 4.88 Å². The van der Waals surface area contributed by atoms with Gasteiger partial charge in [0.25, 0.3) is 10.0 Å². The summed E-state index contributed by atoms with van der Waals surface area (Å²) in [5.74, 6) is 0. The minimum Gasteiger partial charge on any atom is -0.398 e. The van der Waals surface area contributed by atoms with Crippen LogP contribution in [0.2, 0.25) is 0 Å². The van der Waals surface area contributed by atoms with E-state index in [0.29, 0.717) is 10.7 Å². The Morgan fingerprint density at radius 3 is 2.76 bits per heavy atom. The second-order valence-corrected chi connectivity index (χ2v) is 7.90. The molecule has 0 spiro atoms. The Hall–Kier alpha value is -1.60. The number of fused-ring (bicyclic) bond motifs is 1. The molecule has 0 fully saturated rings. The highest BCUT2D eigenvalue weighted by Crippen LogP contribution is 2.32. The zero-order valence-corrected chi connectivity index (χ0v) is 13.4. The maximum atomic E-state index is 12.5. The number of nitrogens with one attached hydrogen (secondary N) is 1. The van der Waals surface area contributed by atoms with E-state index in [1.54, 1.807) is 25.1 Å². The average Bonchev–Trinajstić information content (AvgIpc) is 2.79. The van der Waals surface area contributed by atoms with Crippen LogP contribution >= 0.6 is 11.3 Å². The van der Waals surface area contributed by atoms with Crippen molar-refractivity contribution >= 4 is 32.2 Å². The molecule has 7 heteroatoms. The van der Waals surface area contributed by atoms with Crippen molar-refractivity contribution < 1.29 is 8.42 Å². The first-order valence-corrected chi connectivity index (χ1v) is 9.14. The van der Waals surface area contributed by atoms with Crippen molar-refractivity contribution in [3.05, 3.63) is 34.3 Å². The molecule has 112 valence electrons. The van der Waals surface area contributed by atoms with Crippen molar-refractivity contribution in [2.75, 3.05) is 10.5 Å². The standard InChI is InChI=1S/C14H17N3O2S2/c1-9-5-4-6-10(15)13(9)21(18,19)17-14-16-11-7-2-3-8-12(11)20-14/h4-6H,2-3,7-8,15H2,1H3,(H,16,17). The van der Waals surface area contributed by atoms with E-state index in [1.807, 2.05) is 0 Å². The second kappa shape index (κ2) is 5.31. The van der Waals surface area contributed by atoms with Crippen LogP contribution in [0, 0.1) is 6.92 Å². The van der Waals surface area contributed by atoms with Gasteiger partial charge in [-0.15, -0.1) is 11.3 Å². The van der Waals surface area contributed by atoms with Crippen LogP contribution in [0.5, 0.6) is 0 Å². The number of nitrogen functional groups attached to an aromatic ring is 1. The molecule has 1 aromatic heterocycles. The van der Waals surface area contributed by atoms with Crippen LogP contribution in [0.25, 0.3) is 0 Å². The highest BCUT2D eigenvalue weighted by Gasteiger charge is 2.23. The number of hydrogen-bond acceptors (Lipinski definition) is 5. The summed E-state index contributed by atoms with van der Waals surface area (Å²) in [5.41, 5.74) is 7.73. The number of aromatic nitrogens is 1. The van der Waals surface area contributed by atoms with Crippen LogP contribution in [-0.4, -0.2) is 13.4 Å². The topological polar surface area (TPSA) is 85.1 Å². The summed E-state index contributed by atoms with van der Waals surface area (Å²) in [6, 6.07) is 5.07. The van der Waals surface area contributed by atoms with Gasteiger partial charge in [-0.1, -0.05) is 12.1 Å². The van der Waals surface area contributed by atoms with Crippen molar-refractivity contribution in [3.8, 4) is 0 Å². The largest absolute Gasteiger partial charge is 0.398 e. The van der Waals surface area contributed by atoms with Crippen molar-refractivity contribution in [2.24, 2.45) is 0 Å². The molecule has 0 unspecified atom stereocenters. The lowest BCUT2D eigenvalue weighted by Gasteiger charge is -2.10. The van der Waals surface area contributed by atoms with Crippen LogP contribution < -0.4 is 10.5 Å². The van der Waals surface area contributed by atoms with Crippen molar-refractivity contribution in [1.29, 1.82) is 0 Å². The summed E-state index contributed by atoms with van der Waals surface area (Å²) in [7, 11) is -3.70. The van der Waals surface area contributed by atoms with E-state index in [0.717, 1.165) is 31.4 Å². The molecule has 21 heavy (non-hydrogen) atoms. The van der Waals surface area contributed by atoms with Crippen LogP contribution in [0.4, 0.5) is 10.8 Å². The van der Waals surface area contributed by atoms with Gasteiger partial charge >= 0.3 is 0 Å². The fourth-order valence-corrected chi connectivity index (χ4v) is 5.25. The molecule has 0 radical (unpaired) electrons. The van der Waals surface area contributed by atoms with Crippen molar-refractivity contribution in [3.63, 3.8) is 0 Å². The van der Waals surface area contributed by atoms with E-state index < -0.39 is 10.0 Å². The zero-order valence-electron chi connectivity index (χ0n) is 11.7. The molecule has 0 atom stereocenters. The van der Waals surface area contributed by atoms with E-state index in [1.165, 1.54) is 16.2 Å². The molecule has 2 aromatic rings. The number of aryl methyl sites for hydroxylation is 3. The van der Waals surface area contributed by atoms with Crippen LogP contribution in [-0.2, 0) is 22.9 Å². The normalized spacial score (nSPS) is 14.7. The lowest BCUT2D eigenvalue weighted by molar-refractivity contribution is 0.601. The molecule has 0 aliphatic heterocycles. The molecule has 3 rings (SSSR count). The minimum absolute atomic E-state index is 0.137. The summed E-state index contributed by atoms with van der Waals surface area (Å²) < 4.78 is 27.6. The fraction of sp³-hybridized carbons (Fsp3) is 0.357. The average molecular weight is 323 g/mol. The minimum atomic E-state index is -3.70. The van der Waals surface area contributed by atoms with Crippen LogP contribution in [0.3, 0.4) is 0 Å². The molecule has 1 aliphatic carbocycles. The van der Waals surface area contributed by atoms with Gasteiger partial charge in [-0.2, -0.15) is 0 Å². The van der Waals surface area contributed by atoms with E-state index in [4.69, 9.17) is 5.73 Å². The summed E-state index contributed by atoms with van der Waals surface area (Å²) in [6.45, 7) is 1.73. The number of rotatable bonds is 3.